The lowest BCUT2D eigenvalue weighted by atomic mass is 10.1. The maximum atomic E-state index is 12.8. The van der Waals surface area contributed by atoms with Crippen molar-refractivity contribution in [2.75, 3.05) is 38.0 Å². The highest BCUT2D eigenvalue weighted by atomic mass is 16.6. The predicted octanol–water partition coefficient (Wildman–Crippen LogP) is 4.50. The zero-order valence-corrected chi connectivity index (χ0v) is 18.5. The summed E-state index contributed by atoms with van der Waals surface area (Å²) in [5.41, 5.74) is 1.85. The summed E-state index contributed by atoms with van der Waals surface area (Å²) in [4.78, 5) is 28.9. The minimum absolute atomic E-state index is 0.0169. The number of hydrogen-bond donors (Lipinski definition) is 1. The molecule has 0 radical (unpaired) electrons. The van der Waals surface area contributed by atoms with Crippen molar-refractivity contribution in [3.8, 4) is 0 Å². The molecule has 0 saturated carbocycles. The van der Waals surface area contributed by atoms with E-state index in [-0.39, 0.29) is 5.91 Å². The SMILES string of the molecule is CC(C)(C)OC(=O)Nc1ccc(C(=O)N2CCN(C/C=C/c3ccccc3)CC2)cc1. The van der Waals surface area contributed by atoms with Crippen LogP contribution in [-0.2, 0) is 4.74 Å². The Balaban J connectivity index is 1.46. The molecule has 1 aliphatic rings. The average Bonchev–Trinajstić information content (AvgIpc) is 2.74. The normalized spacial score (nSPS) is 15.1. The molecule has 1 fully saturated rings. The Labute approximate surface area is 184 Å². The molecule has 31 heavy (non-hydrogen) atoms. The molecule has 3 rings (SSSR count). The van der Waals surface area contributed by atoms with Gasteiger partial charge in [-0.2, -0.15) is 0 Å². The summed E-state index contributed by atoms with van der Waals surface area (Å²) in [5.74, 6) is 0.0169. The molecule has 2 amide bonds. The Morgan fingerprint density at radius 2 is 1.61 bits per heavy atom. The summed E-state index contributed by atoms with van der Waals surface area (Å²) in [6.45, 7) is 9.43. The molecule has 1 aliphatic heterocycles. The van der Waals surface area contributed by atoms with Crippen LogP contribution in [0.15, 0.2) is 60.7 Å². The number of carbonyl (C=O) groups excluding carboxylic acids is 2. The first-order chi connectivity index (χ1) is 14.8. The average molecular weight is 422 g/mol. The van der Waals surface area contributed by atoms with Crippen LogP contribution in [0.1, 0.15) is 36.7 Å². The van der Waals surface area contributed by atoms with Gasteiger partial charge in [0.2, 0.25) is 0 Å². The van der Waals surface area contributed by atoms with Gasteiger partial charge in [0.1, 0.15) is 5.60 Å². The van der Waals surface area contributed by atoms with Crippen molar-refractivity contribution in [3.63, 3.8) is 0 Å². The summed E-state index contributed by atoms with van der Waals surface area (Å²) in [6.07, 6.45) is 3.79. The van der Waals surface area contributed by atoms with Crippen LogP contribution in [0, 0.1) is 0 Å². The van der Waals surface area contributed by atoms with E-state index in [1.54, 1.807) is 24.3 Å². The molecule has 6 nitrogen and oxygen atoms in total. The second-order valence-electron chi connectivity index (χ2n) is 8.61. The van der Waals surface area contributed by atoms with Crippen molar-refractivity contribution in [2.24, 2.45) is 0 Å². The van der Waals surface area contributed by atoms with Crippen LogP contribution < -0.4 is 5.32 Å². The molecule has 2 aromatic rings. The largest absolute Gasteiger partial charge is 0.444 e. The molecule has 0 spiro atoms. The van der Waals surface area contributed by atoms with Crippen molar-refractivity contribution in [1.29, 1.82) is 0 Å². The third kappa shape index (κ3) is 7.26. The Morgan fingerprint density at radius 1 is 0.968 bits per heavy atom. The summed E-state index contributed by atoms with van der Waals surface area (Å²) >= 11 is 0. The Hall–Kier alpha value is -3.12. The second kappa shape index (κ2) is 10.3. The van der Waals surface area contributed by atoms with Gasteiger partial charge in [-0.1, -0.05) is 42.5 Å². The summed E-state index contributed by atoms with van der Waals surface area (Å²) in [5, 5.41) is 2.68. The lowest BCUT2D eigenvalue weighted by Gasteiger charge is -2.34. The minimum Gasteiger partial charge on any atom is -0.444 e. The molecule has 0 aliphatic carbocycles. The van der Waals surface area contributed by atoms with Crippen LogP contribution in [0.2, 0.25) is 0 Å². The highest BCUT2D eigenvalue weighted by Gasteiger charge is 2.22. The van der Waals surface area contributed by atoms with Crippen LogP contribution in [0.25, 0.3) is 6.08 Å². The fraction of sp³-hybridized carbons (Fsp3) is 0.360. The Morgan fingerprint density at radius 3 is 2.23 bits per heavy atom. The van der Waals surface area contributed by atoms with Gasteiger partial charge in [-0.15, -0.1) is 0 Å². The number of anilines is 1. The Kier molecular flexibility index (Phi) is 7.47. The number of piperazine rings is 1. The zero-order valence-electron chi connectivity index (χ0n) is 18.5. The number of amides is 2. The monoisotopic (exact) mass is 421 g/mol. The highest BCUT2D eigenvalue weighted by molar-refractivity contribution is 5.95. The fourth-order valence-electron chi connectivity index (χ4n) is 3.34. The van der Waals surface area contributed by atoms with E-state index in [0.717, 1.165) is 19.6 Å². The van der Waals surface area contributed by atoms with Gasteiger partial charge in [0.05, 0.1) is 0 Å². The van der Waals surface area contributed by atoms with Crippen LogP contribution in [0.3, 0.4) is 0 Å². The van der Waals surface area contributed by atoms with Crippen molar-refractivity contribution in [1.82, 2.24) is 9.80 Å². The van der Waals surface area contributed by atoms with Gasteiger partial charge < -0.3 is 9.64 Å². The first-order valence-corrected chi connectivity index (χ1v) is 10.6. The minimum atomic E-state index is -0.556. The van der Waals surface area contributed by atoms with Crippen molar-refractivity contribution in [3.05, 3.63) is 71.8 Å². The van der Waals surface area contributed by atoms with E-state index in [1.165, 1.54) is 5.56 Å². The summed E-state index contributed by atoms with van der Waals surface area (Å²) < 4.78 is 5.24. The van der Waals surface area contributed by atoms with Crippen LogP contribution >= 0.6 is 0 Å². The van der Waals surface area contributed by atoms with Crippen LogP contribution in [-0.4, -0.2) is 60.1 Å². The molecule has 6 heteroatoms. The second-order valence-corrected chi connectivity index (χ2v) is 8.61. The highest BCUT2D eigenvalue weighted by Crippen LogP contribution is 2.15. The smallest absolute Gasteiger partial charge is 0.412 e. The molecular formula is C25H31N3O3. The van der Waals surface area contributed by atoms with Crippen molar-refractivity contribution in [2.45, 2.75) is 26.4 Å². The maximum absolute atomic E-state index is 12.8. The van der Waals surface area contributed by atoms with Gasteiger partial charge in [-0.05, 0) is 50.6 Å². The van der Waals surface area contributed by atoms with Gasteiger partial charge in [0.25, 0.3) is 5.91 Å². The van der Waals surface area contributed by atoms with Gasteiger partial charge in [-0.25, -0.2) is 4.79 Å². The predicted molar refractivity (Wildman–Crippen MR) is 124 cm³/mol. The Bertz CT molecular complexity index is 894. The summed E-state index contributed by atoms with van der Waals surface area (Å²) in [6, 6.07) is 17.2. The molecular weight excluding hydrogens is 390 g/mol. The number of nitrogens with zero attached hydrogens (tertiary/aromatic N) is 2. The number of carbonyl (C=O) groups is 2. The number of rotatable bonds is 5. The first kappa shape index (κ1) is 22.6. The molecule has 0 aromatic heterocycles. The maximum Gasteiger partial charge on any atom is 0.412 e. The molecule has 0 bridgehead atoms. The summed E-state index contributed by atoms with van der Waals surface area (Å²) in [7, 11) is 0. The molecule has 1 N–H and O–H groups in total. The molecule has 1 saturated heterocycles. The van der Waals surface area contributed by atoms with Gasteiger partial charge in [-0.3, -0.25) is 15.0 Å². The third-order valence-electron chi connectivity index (χ3n) is 4.91. The van der Waals surface area contributed by atoms with Crippen molar-refractivity contribution < 1.29 is 14.3 Å². The number of nitrogens with one attached hydrogen (secondary N) is 1. The van der Waals surface area contributed by atoms with E-state index in [0.29, 0.717) is 24.3 Å². The first-order valence-electron chi connectivity index (χ1n) is 10.6. The lowest BCUT2D eigenvalue weighted by Crippen LogP contribution is -2.48. The topological polar surface area (TPSA) is 61.9 Å². The molecule has 0 atom stereocenters. The van der Waals surface area contributed by atoms with E-state index in [4.69, 9.17) is 4.74 Å². The van der Waals surface area contributed by atoms with Gasteiger partial charge in [0.15, 0.2) is 0 Å². The standard InChI is InChI=1S/C25H31N3O3/c1-25(2,3)31-24(30)26-22-13-11-21(12-14-22)23(29)28-18-16-27(17-19-28)15-7-10-20-8-5-4-6-9-20/h4-14H,15-19H2,1-3H3,(H,26,30)/b10-7+. The van der Waals surface area contributed by atoms with Crippen molar-refractivity contribution >= 4 is 23.8 Å². The molecule has 2 aromatic carbocycles. The molecule has 164 valence electrons. The fourth-order valence-corrected chi connectivity index (χ4v) is 3.34. The van der Waals surface area contributed by atoms with E-state index < -0.39 is 11.7 Å². The number of hydrogen-bond acceptors (Lipinski definition) is 4. The van der Waals surface area contributed by atoms with E-state index in [2.05, 4.69) is 34.5 Å². The number of ether oxygens (including phenoxy) is 1. The quantitative estimate of drug-likeness (QED) is 0.772. The molecule has 0 unspecified atom stereocenters. The van der Waals surface area contributed by atoms with Gasteiger partial charge in [0, 0.05) is 44.0 Å². The van der Waals surface area contributed by atoms with Crippen LogP contribution in [0.5, 0.6) is 0 Å². The molecule has 1 heterocycles. The number of benzene rings is 2. The van der Waals surface area contributed by atoms with E-state index in [9.17, 15) is 9.59 Å². The van der Waals surface area contributed by atoms with Crippen LogP contribution in [0.4, 0.5) is 10.5 Å². The van der Waals surface area contributed by atoms with E-state index >= 15 is 0 Å². The van der Waals surface area contributed by atoms with E-state index in [1.807, 2.05) is 43.9 Å². The van der Waals surface area contributed by atoms with Gasteiger partial charge >= 0.3 is 6.09 Å². The third-order valence-corrected chi connectivity index (χ3v) is 4.91. The lowest BCUT2D eigenvalue weighted by molar-refractivity contribution is 0.0633. The zero-order chi connectivity index (χ0) is 22.3.